The van der Waals surface area contributed by atoms with Gasteiger partial charge in [-0.3, -0.25) is 9.69 Å². The number of carbonyl (C=O) groups excluding carboxylic acids is 1. The van der Waals surface area contributed by atoms with Crippen LogP contribution in [0.2, 0.25) is 0 Å². The molecule has 5 heterocycles. The highest BCUT2D eigenvalue weighted by atomic mass is 32.1. The van der Waals surface area contributed by atoms with E-state index in [2.05, 4.69) is 49.0 Å². The normalized spacial score (nSPS) is 18.2. The molecule has 44 heavy (non-hydrogen) atoms. The van der Waals surface area contributed by atoms with Gasteiger partial charge in [0.1, 0.15) is 23.9 Å². The number of oxazole rings is 1. The van der Waals surface area contributed by atoms with Crippen LogP contribution in [0.1, 0.15) is 47.1 Å². The molecule has 238 valence electrons. The maximum Gasteiger partial charge on any atom is 0.228 e. The molecule has 0 bridgehead atoms. The number of aromatic nitrogens is 3. The van der Waals surface area contributed by atoms with Crippen molar-refractivity contribution in [1.29, 1.82) is 0 Å². The van der Waals surface area contributed by atoms with Crippen molar-refractivity contribution in [2.24, 2.45) is 0 Å². The van der Waals surface area contributed by atoms with E-state index in [0.717, 1.165) is 58.0 Å². The number of likely N-dealkylation sites (N-methyl/N-ethyl adjacent to an activating group) is 1. The third kappa shape index (κ3) is 8.27. The number of hydrogen-bond acceptors (Lipinski definition) is 12. The van der Waals surface area contributed by atoms with E-state index in [9.17, 15) is 9.90 Å². The van der Waals surface area contributed by atoms with E-state index in [1.165, 1.54) is 17.5 Å². The van der Waals surface area contributed by atoms with Gasteiger partial charge in [0.2, 0.25) is 5.95 Å². The number of anilines is 2. The number of nitrogens with zero attached hydrogens (tertiary/aromatic N) is 6. The number of rotatable bonds is 13. The Morgan fingerprint density at radius 3 is 2.68 bits per heavy atom. The molecule has 0 unspecified atom stereocenters. The topological polar surface area (TPSA) is 129 Å². The van der Waals surface area contributed by atoms with E-state index in [1.54, 1.807) is 12.3 Å². The van der Waals surface area contributed by atoms with Crippen LogP contribution in [0.5, 0.6) is 5.75 Å². The van der Waals surface area contributed by atoms with Crippen molar-refractivity contribution < 1.29 is 23.8 Å². The Kier molecular flexibility index (Phi) is 11.1. The van der Waals surface area contributed by atoms with Gasteiger partial charge in [0.05, 0.1) is 31.6 Å². The molecule has 12 nitrogen and oxygen atoms in total. The molecule has 3 aliphatic heterocycles. The quantitative estimate of drug-likeness (QED) is 0.271. The molecular formula is C31H43N7O5S. The monoisotopic (exact) mass is 625 g/mol. The average molecular weight is 626 g/mol. The minimum absolute atomic E-state index is 0. The second-order valence-electron chi connectivity index (χ2n) is 11.5. The average Bonchev–Trinajstić information content (AvgIpc) is 3.54. The summed E-state index contributed by atoms with van der Waals surface area (Å²) in [6.07, 6.45) is 3.92. The minimum atomic E-state index is -0.608. The Bertz CT molecular complexity index is 1370. The van der Waals surface area contributed by atoms with Gasteiger partial charge in [-0.25, -0.2) is 9.97 Å². The number of aliphatic hydroxyl groups excluding tert-OH is 1. The highest BCUT2D eigenvalue weighted by Crippen LogP contribution is 2.25. The highest BCUT2D eigenvalue weighted by molar-refractivity contribution is 7.59. The first-order chi connectivity index (χ1) is 21.0. The minimum Gasteiger partial charge on any atom is -0.486 e. The number of ketones is 1. The SMILES string of the molecule is CCN1CCN(c2nc(NC3COC3)cc(C(=O)CC[C@H](O)CN3CCc4cc(OCc5cnco5)ccc4C3)n2)CC1.S. The van der Waals surface area contributed by atoms with Gasteiger partial charge in [0.15, 0.2) is 17.9 Å². The molecule has 3 aromatic rings. The standard InChI is InChI=1S/C31H41N7O5.H2S/c1-2-36-9-11-38(12-10-36)31-34-28(14-30(35-31)33-24-18-41-19-24)29(40)6-4-25(39)17-37-8-7-22-13-26(5-3-23(22)16-37)42-20-27-15-32-21-43-27;/h3,5,13-15,21,24-25,39H,2,4,6-12,16-20H2,1H3,(H,33,34,35);1H2/t25-;/m0./s1. The van der Waals surface area contributed by atoms with Gasteiger partial charge in [-0.05, 0) is 42.6 Å². The second-order valence-corrected chi connectivity index (χ2v) is 11.5. The summed E-state index contributed by atoms with van der Waals surface area (Å²) in [5.74, 6) is 2.65. The van der Waals surface area contributed by atoms with Crippen molar-refractivity contribution in [3.63, 3.8) is 0 Å². The molecule has 1 aromatic carbocycles. The van der Waals surface area contributed by atoms with Gasteiger partial charge in [0, 0.05) is 58.3 Å². The fraction of sp³-hybridized carbons (Fsp3) is 0.548. The van der Waals surface area contributed by atoms with Crippen LogP contribution < -0.4 is 15.0 Å². The molecule has 2 aromatic heterocycles. The molecule has 0 spiro atoms. The molecule has 3 aliphatic rings. The van der Waals surface area contributed by atoms with Crippen LogP contribution in [-0.2, 0) is 24.3 Å². The Hall–Kier alpha value is -3.23. The Morgan fingerprint density at radius 1 is 1.11 bits per heavy atom. The van der Waals surface area contributed by atoms with Crippen molar-refractivity contribution in [2.45, 2.75) is 51.5 Å². The lowest BCUT2D eigenvalue weighted by atomic mass is 9.98. The van der Waals surface area contributed by atoms with Gasteiger partial charge in [-0.1, -0.05) is 13.0 Å². The molecular weight excluding hydrogens is 582 g/mol. The lowest BCUT2D eigenvalue weighted by Gasteiger charge is -2.34. The number of fused-ring (bicyclic) bond motifs is 1. The number of Topliss-reactive ketones (excluding diaryl/α,β-unsaturated/α-hetero) is 1. The number of aliphatic hydroxyl groups is 1. The van der Waals surface area contributed by atoms with Crippen molar-refractivity contribution in [3.05, 3.63) is 59.4 Å². The van der Waals surface area contributed by atoms with Gasteiger partial charge in [-0.2, -0.15) is 18.5 Å². The fourth-order valence-corrected chi connectivity index (χ4v) is 5.70. The van der Waals surface area contributed by atoms with Crippen LogP contribution in [-0.4, -0.2) is 107 Å². The summed E-state index contributed by atoms with van der Waals surface area (Å²) in [6, 6.07) is 8.07. The van der Waals surface area contributed by atoms with E-state index >= 15 is 0 Å². The number of β-amino-alcohol motifs (C(OH)–C–C–N with tert-alkyl or cyclic N) is 1. The molecule has 0 saturated carbocycles. The maximum atomic E-state index is 13.3. The molecule has 2 fully saturated rings. The highest BCUT2D eigenvalue weighted by Gasteiger charge is 2.25. The van der Waals surface area contributed by atoms with Crippen LogP contribution in [0.15, 0.2) is 41.3 Å². The van der Waals surface area contributed by atoms with E-state index < -0.39 is 6.10 Å². The zero-order valence-electron chi connectivity index (χ0n) is 25.3. The van der Waals surface area contributed by atoms with E-state index in [4.69, 9.17) is 18.9 Å². The lowest BCUT2D eigenvalue weighted by Crippen LogP contribution is -2.47. The first kappa shape index (κ1) is 32.2. The summed E-state index contributed by atoms with van der Waals surface area (Å²) in [4.78, 5) is 33.4. The predicted molar refractivity (Wildman–Crippen MR) is 171 cm³/mol. The van der Waals surface area contributed by atoms with Crippen LogP contribution in [0.25, 0.3) is 0 Å². The molecule has 0 aliphatic carbocycles. The van der Waals surface area contributed by atoms with Crippen LogP contribution in [0, 0.1) is 0 Å². The van der Waals surface area contributed by atoms with Crippen molar-refractivity contribution >= 4 is 31.0 Å². The van der Waals surface area contributed by atoms with Crippen LogP contribution in [0.3, 0.4) is 0 Å². The molecule has 13 heteroatoms. The number of carbonyl (C=O) groups is 1. The van der Waals surface area contributed by atoms with Gasteiger partial charge >= 0.3 is 0 Å². The van der Waals surface area contributed by atoms with E-state index in [0.29, 0.717) is 56.0 Å². The number of piperazine rings is 1. The van der Waals surface area contributed by atoms with E-state index in [1.807, 2.05) is 6.07 Å². The van der Waals surface area contributed by atoms with Crippen molar-refractivity contribution in [1.82, 2.24) is 24.8 Å². The largest absolute Gasteiger partial charge is 0.486 e. The van der Waals surface area contributed by atoms with Crippen molar-refractivity contribution in [3.8, 4) is 5.75 Å². The predicted octanol–water partition coefficient (Wildman–Crippen LogP) is 2.49. The Balaban J connectivity index is 0.00000384. The number of benzene rings is 1. The zero-order valence-corrected chi connectivity index (χ0v) is 26.3. The van der Waals surface area contributed by atoms with Crippen LogP contribution in [0.4, 0.5) is 11.8 Å². The van der Waals surface area contributed by atoms with Gasteiger partial charge < -0.3 is 34.1 Å². The van der Waals surface area contributed by atoms with E-state index in [-0.39, 0.29) is 31.7 Å². The number of hydrogen-bond donors (Lipinski definition) is 2. The van der Waals surface area contributed by atoms with Crippen LogP contribution >= 0.6 is 13.5 Å². The summed E-state index contributed by atoms with van der Waals surface area (Å²) in [6.45, 7) is 10.4. The number of nitrogens with one attached hydrogen (secondary N) is 1. The summed E-state index contributed by atoms with van der Waals surface area (Å²) in [5.41, 5.74) is 2.88. The maximum absolute atomic E-state index is 13.3. The summed E-state index contributed by atoms with van der Waals surface area (Å²) in [5, 5.41) is 14.3. The van der Waals surface area contributed by atoms with Gasteiger partial charge in [0.25, 0.3) is 0 Å². The molecule has 0 amide bonds. The van der Waals surface area contributed by atoms with Gasteiger partial charge in [-0.15, -0.1) is 0 Å². The third-order valence-electron chi connectivity index (χ3n) is 8.40. The molecule has 2 saturated heterocycles. The zero-order chi connectivity index (χ0) is 29.6. The summed E-state index contributed by atoms with van der Waals surface area (Å²) < 4.78 is 16.4. The smallest absolute Gasteiger partial charge is 0.228 e. The second kappa shape index (κ2) is 15.2. The Morgan fingerprint density at radius 2 is 1.95 bits per heavy atom. The summed E-state index contributed by atoms with van der Waals surface area (Å²) in [7, 11) is 0. The summed E-state index contributed by atoms with van der Waals surface area (Å²) >= 11 is 0. The third-order valence-corrected chi connectivity index (χ3v) is 8.40. The first-order valence-corrected chi connectivity index (χ1v) is 15.3. The first-order valence-electron chi connectivity index (χ1n) is 15.3. The molecule has 0 radical (unpaired) electrons. The molecule has 1 atom stereocenters. The molecule has 6 rings (SSSR count). The molecule has 2 N–H and O–H groups in total. The Labute approximate surface area is 265 Å². The number of ether oxygens (including phenoxy) is 2. The van der Waals surface area contributed by atoms with Crippen molar-refractivity contribution in [2.75, 3.05) is 69.2 Å². The lowest BCUT2D eigenvalue weighted by molar-refractivity contribution is 0.0209. The fourth-order valence-electron chi connectivity index (χ4n) is 5.70.